The van der Waals surface area contributed by atoms with Gasteiger partial charge in [-0.15, -0.1) is 0 Å². The summed E-state index contributed by atoms with van der Waals surface area (Å²) < 4.78 is 1.99. The molecular weight excluding hydrogens is 252 g/mol. The van der Waals surface area contributed by atoms with Gasteiger partial charge in [0.25, 0.3) is 5.91 Å². The van der Waals surface area contributed by atoms with Gasteiger partial charge in [0.05, 0.1) is 17.3 Å². The molecule has 1 amide bonds. The third-order valence-corrected chi connectivity index (χ3v) is 4.38. The molecular formula is C16H18N2O2. The number of nitrogens with zero attached hydrogens (tertiary/aromatic N) is 1. The Hall–Kier alpha value is -2.10. The number of carbonyl (C=O) groups is 1. The lowest BCUT2D eigenvalue weighted by molar-refractivity contribution is 0.0946. The number of aromatic nitrogens is 1. The molecule has 4 heteroatoms. The summed E-state index contributed by atoms with van der Waals surface area (Å²) in [6, 6.07) is 7.37. The topological polar surface area (TPSA) is 51.1 Å². The van der Waals surface area contributed by atoms with Crippen molar-refractivity contribution in [3.63, 3.8) is 0 Å². The number of nitrogens with one attached hydrogen (secondary N) is 1. The number of aryl methyl sites for hydroxylation is 1. The summed E-state index contributed by atoms with van der Waals surface area (Å²) in [6.45, 7) is 4.19. The maximum absolute atomic E-state index is 12.6. The number of amides is 1. The second kappa shape index (κ2) is 4.47. The molecule has 0 aliphatic carbocycles. The highest BCUT2D eigenvalue weighted by Gasteiger charge is 2.36. The maximum atomic E-state index is 12.6. The molecule has 1 aliphatic rings. The van der Waals surface area contributed by atoms with E-state index >= 15 is 0 Å². The molecule has 2 atom stereocenters. The molecule has 0 fully saturated rings. The van der Waals surface area contributed by atoms with Crippen LogP contribution in [0.2, 0.25) is 0 Å². The number of rotatable bonds is 2. The quantitative estimate of drug-likeness (QED) is 0.910. The molecule has 1 aromatic carbocycles. The largest absolute Gasteiger partial charge is 0.345 e. The average Bonchev–Trinajstić information content (AvgIpc) is 2.82. The van der Waals surface area contributed by atoms with Gasteiger partial charge >= 0.3 is 0 Å². The van der Waals surface area contributed by atoms with Gasteiger partial charge in [0.1, 0.15) is 5.56 Å². The lowest BCUT2D eigenvalue weighted by Crippen LogP contribution is -2.25. The van der Waals surface area contributed by atoms with Crippen LogP contribution in [0.5, 0.6) is 0 Å². The fraction of sp³-hybridized carbons (Fsp3) is 0.375. The second-order valence-electron chi connectivity index (χ2n) is 5.50. The Morgan fingerprint density at radius 2 is 2.00 bits per heavy atom. The number of carbonyl (C=O) groups excluding carboxylic acids is 1. The number of hydrogen-bond acceptors (Lipinski definition) is 2. The van der Waals surface area contributed by atoms with Crippen molar-refractivity contribution in [2.45, 2.75) is 26.3 Å². The molecule has 1 N–H and O–H groups in total. The minimum atomic E-state index is -0.239. The van der Waals surface area contributed by atoms with Crippen LogP contribution in [-0.2, 0) is 7.05 Å². The molecule has 2 aromatic rings. The summed E-state index contributed by atoms with van der Waals surface area (Å²) in [6.07, 6.45) is 0.950. The molecule has 3 rings (SSSR count). The molecule has 1 aliphatic heterocycles. The first-order chi connectivity index (χ1) is 9.56. The van der Waals surface area contributed by atoms with Crippen LogP contribution in [0.3, 0.4) is 0 Å². The van der Waals surface area contributed by atoms with Crippen molar-refractivity contribution in [1.29, 1.82) is 0 Å². The summed E-state index contributed by atoms with van der Waals surface area (Å²) in [7, 11) is 1.93. The summed E-state index contributed by atoms with van der Waals surface area (Å²) in [4.78, 5) is 24.8. The van der Waals surface area contributed by atoms with Gasteiger partial charge in [-0.05, 0) is 18.1 Å². The van der Waals surface area contributed by atoms with Crippen molar-refractivity contribution in [3.05, 3.63) is 45.7 Å². The number of fused-ring (bicyclic) bond motifs is 2. The van der Waals surface area contributed by atoms with Crippen LogP contribution in [0.15, 0.2) is 29.1 Å². The molecule has 0 saturated heterocycles. The molecule has 1 aromatic heterocycles. The molecule has 2 heterocycles. The highest BCUT2D eigenvalue weighted by atomic mass is 16.2. The van der Waals surface area contributed by atoms with E-state index in [9.17, 15) is 9.59 Å². The van der Waals surface area contributed by atoms with E-state index in [1.807, 2.05) is 29.8 Å². The Morgan fingerprint density at radius 3 is 2.70 bits per heavy atom. The zero-order valence-electron chi connectivity index (χ0n) is 11.9. The van der Waals surface area contributed by atoms with Crippen molar-refractivity contribution in [2.75, 3.05) is 0 Å². The van der Waals surface area contributed by atoms with Crippen LogP contribution in [0.1, 0.15) is 42.4 Å². The van der Waals surface area contributed by atoms with Crippen molar-refractivity contribution in [3.8, 4) is 0 Å². The smallest absolute Gasteiger partial charge is 0.257 e. The second-order valence-corrected chi connectivity index (χ2v) is 5.50. The van der Waals surface area contributed by atoms with Gasteiger partial charge in [0, 0.05) is 12.4 Å². The summed E-state index contributed by atoms with van der Waals surface area (Å²) in [5, 5.41) is 3.57. The SMILES string of the molecule is CCC(C)C1NC(=O)c2c1n(C)c1ccccc1c2=O. The number of pyridine rings is 1. The van der Waals surface area contributed by atoms with Gasteiger partial charge in [-0.1, -0.05) is 32.4 Å². The minimum absolute atomic E-state index is 0.0789. The molecule has 4 nitrogen and oxygen atoms in total. The van der Waals surface area contributed by atoms with Crippen molar-refractivity contribution in [2.24, 2.45) is 13.0 Å². The molecule has 0 saturated carbocycles. The monoisotopic (exact) mass is 270 g/mol. The predicted molar refractivity (Wildman–Crippen MR) is 78.9 cm³/mol. The first-order valence-corrected chi connectivity index (χ1v) is 6.98. The summed E-state index contributed by atoms with van der Waals surface area (Å²) in [5.74, 6) is 0.0589. The van der Waals surface area contributed by atoms with Gasteiger partial charge in [-0.3, -0.25) is 9.59 Å². The molecule has 0 bridgehead atoms. The first kappa shape index (κ1) is 12.9. The third kappa shape index (κ3) is 1.60. The first-order valence-electron chi connectivity index (χ1n) is 6.98. The lowest BCUT2D eigenvalue weighted by Gasteiger charge is -2.21. The van der Waals surface area contributed by atoms with Gasteiger partial charge in [-0.25, -0.2) is 0 Å². The van der Waals surface area contributed by atoms with Crippen molar-refractivity contribution in [1.82, 2.24) is 9.88 Å². The Bertz CT molecular complexity index is 761. The van der Waals surface area contributed by atoms with E-state index in [1.54, 1.807) is 6.07 Å². The molecule has 0 radical (unpaired) electrons. The number of hydrogen-bond donors (Lipinski definition) is 1. The van der Waals surface area contributed by atoms with Gasteiger partial charge < -0.3 is 9.88 Å². The molecule has 20 heavy (non-hydrogen) atoms. The molecule has 104 valence electrons. The summed E-state index contributed by atoms with van der Waals surface area (Å²) >= 11 is 0. The van der Waals surface area contributed by atoms with E-state index in [2.05, 4.69) is 19.2 Å². The van der Waals surface area contributed by atoms with Crippen LogP contribution in [-0.4, -0.2) is 10.5 Å². The number of benzene rings is 1. The van der Waals surface area contributed by atoms with Gasteiger partial charge in [0.2, 0.25) is 5.43 Å². The Labute approximate surface area is 117 Å². The zero-order chi connectivity index (χ0) is 14.4. The van der Waals surface area contributed by atoms with Gasteiger partial charge in [-0.2, -0.15) is 0 Å². The van der Waals surface area contributed by atoms with E-state index in [-0.39, 0.29) is 17.4 Å². The number of para-hydroxylation sites is 1. The normalized spacial score (nSPS) is 18.9. The predicted octanol–water partition coefficient (Wildman–Crippen LogP) is 2.37. The maximum Gasteiger partial charge on any atom is 0.257 e. The van der Waals surface area contributed by atoms with Crippen LogP contribution >= 0.6 is 0 Å². The fourth-order valence-electron chi connectivity index (χ4n) is 3.02. The van der Waals surface area contributed by atoms with E-state index in [0.717, 1.165) is 17.6 Å². The molecule has 0 spiro atoms. The van der Waals surface area contributed by atoms with E-state index < -0.39 is 0 Å². The Morgan fingerprint density at radius 1 is 1.30 bits per heavy atom. The average molecular weight is 270 g/mol. The van der Waals surface area contributed by atoms with E-state index in [4.69, 9.17) is 0 Å². The van der Waals surface area contributed by atoms with Crippen LogP contribution in [0.4, 0.5) is 0 Å². The third-order valence-electron chi connectivity index (χ3n) is 4.38. The Balaban J connectivity index is 2.40. The Kier molecular flexibility index (Phi) is 2.89. The van der Waals surface area contributed by atoms with Crippen molar-refractivity contribution >= 4 is 16.8 Å². The fourth-order valence-corrected chi connectivity index (χ4v) is 3.02. The van der Waals surface area contributed by atoms with Crippen LogP contribution < -0.4 is 10.7 Å². The lowest BCUT2D eigenvalue weighted by atomic mass is 9.95. The molecule has 2 unspecified atom stereocenters. The van der Waals surface area contributed by atoms with Gasteiger partial charge in [0.15, 0.2) is 0 Å². The summed E-state index contributed by atoms with van der Waals surface area (Å²) in [5.41, 5.74) is 1.86. The van der Waals surface area contributed by atoms with Crippen molar-refractivity contribution < 1.29 is 4.79 Å². The van der Waals surface area contributed by atoms with Crippen LogP contribution in [0, 0.1) is 5.92 Å². The highest BCUT2D eigenvalue weighted by molar-refractivity contribution is 6.01. The standard InChI is InChI=1S/C16H18N2O2/c1-4-9(2)13-14-12(16(20)17-13)15(19)10-7-5-6-8-11(10)18(14)3/h5-9,13H,4H2,1-3H3,(H,17,20). The van der Waals surface area contributed by atoms with E-state index in [0.29, 0.717) is 16.9 Å². The van der Waals surface area contributed by atoms with Crippen LogP contribution in [0.25, 0.3) is 10.9 Å². The zero-order valence-corrected chi connectivity index (χ0v) is 11.9. The van der Waals surface area contributed by atoms with E-state index in [1.165, 1.54) is 0 Å². The minimum Gasteiger partial charge on any atom is -0.345 e. The highest BCUT2D eigenvalue weighted by Crippen LogP contribution is 2.32.